The third kappa shape index (κ3) is 5.72. The van der Waals surface area contributed by atoms with Crippen molar-refractivity contribution in [1.29, 1.82) is 0 Å². The van der Waals surface area contributed by atoms with Crippen molar-refractivity contribution >= 4 is 15.7 Å². The molecular weight excluding hydrogens is 464 g/mol. The van der Waals surface area contributed by atoms with E-state index in [9.17, 15) is 30.8 Å². The predicted octanol–water partition coefficient (Wildman–Crippen LogP) is 2.17. The van der Waals surface area contributed by atoms with E-state index in [0.717, 1.165) is 12.0 Å². The Morgan fingerprint density at radius 3 is 2.42 bits per heavy atom. The molecule has 1 N–H and O–H groups in total. The SMILES string of the molecule is O=c1c(N2CCS(=O)(=O)CC2)nc(CCCN[C@@H]2C[C@H]2c2ccc(F)cc2)cn1C(F)(F)F. The summed E-state index contributed by atoms with van der Waals surface area (Å²) in [4.78, 5) is 17.9. The van der Waals surface area contributed by atoms with Gasteiger partial charge in [-0.1, -0.05) is 12.1 Å². The van der Waals surface area contributed by atoms with Gasteiger partial charge < -0.3 is 10.2 Å². The van der Waals surface area contributed by atoms with E-state index in [1.807, 2.05) is 0 Å². The Morgan fingerprint density at radius 1 is 1.12 bits per heavy atom. The van der Waals surface area contributed by atoms with Crippen molar-refractivity contribution in [3.05, 3.63) is 57.9 Å². The number of benzene rings is 1. The largest absolute Gasteiger partial charge is 0.491 e. The Bertz CT molecular complexity index is 1150. The fourth-order valence-corrected chi connectivity index (χ4v) is 5.22. The summed E-state index contributed by atoms with van der Waals surface area (Å²) in [6.45, 7) is 0.409. The molecule has 2 atom stereocenters. The number of aromatic nitrogens is 2. The van der Waals surface area contributed by atoms with Crippen LogP contribution in [-0.4, -0.2) is 55.2 Å². The maximum absolute atomic E-state index is 13.4. The van der Waals surface area contributed by atoms with E-state index < -0.39 is 21.7 Å². The minimum atomic E-state index is -4.90. The second-order valence-electron chi connectivity index (χ2n) is 8.40. The molecule has 33 heavy (non-hydrogen) atoms. The molecule has 1 aromatic carbocycles. The molecule has 180 valence electrons. The summed E-state index contributed by atoms with van der Waals surface area (Å²) in [7, 11) is -3.26. The first-order valence-electron chi connectivity index (χ1n) is 10.7. The molecule has 2 heterocycles. The second kappa shape index (κ2) is 9.05. The predicted molar refractivity (Wildman–Crippen MR) is 115 cm³/mol. The summed E-state index contributed by atoms with van der Waals surface area (Å²) in [6.07, 6.45) is -2.56. The van der Waals surface area contributed by atoms with Crippen LogP contribution in [0.1, 0.15) is 30.0 Å². The number of nitrogens with one attached hydrogen (secondary N) is 1. The van der Waals surface area contributed by atoms with E-state index in [1.165, 1.54) is 17.0 Å². The maximum atomic E-state index is 13.4. The first kappa shape index (κ1) is 23.7. The Kier molecular flexibility index (Phi) is 6.50. The lowest BCUT2D eigenvalue weighted by molar-refractivity contribution is -0.206. The van der Waals surface area contributed by atoms with Gasteiger partial charge in [0.1, 0.15) is 5.82 Å². The number of hydrogen-bond acceptors (Lipinski definition) is 6. The van der Waals surface area contributed by atoms with E-state index in [2.05, 4.69) is 10.3 Å². The molecule has 0 bridgehead atoms. The summed E-state index contributed by atoms with van der Waals surface area (Å²) in [6, 6.07) is 6.57. The van der Waals surface area contributed by atoms with Crippen LogP contribution in [0.5, 0.6) is 0 Å². The topological polar surface area (TPSA) is 84.3 Å². The molecule has 2 aliphatic rings. The molecule has 7 nitrogen and oxygen atoms in total. The van der Waals surface area contributed by atoms with Crippen molar-refractivity contribution in [1.82, 2.24) is 14.9 Å². The average molecular weight is 489 g/mol. The molecule has 0 unspecified atom stereocenters. The van der Waals surface area contributed by atoms with E-state index in [4.69, 9.17) is 0 Å². The Hall–Kier alpha value is -2.47. The summed E-state index contributed by atoms with van der Waals surface area (Å²) in [5.41, 5.74) is -0.146. The smallest absolute Gasteiger partial charge is 0.350 e. The number of aryl methyl sites for hydroxylation is 1. The van der Waals surface area contributed by atoms with Crippen molar-refractivity contribution in [3.8, 4) is 0 Å². The van der Waals surface area contributed by atoms with Gasteiger partial charge >= 0.3 is 6.30 Å². The van der Waals surface area contributed by atoms with E-state index >= 15 is 0 Å². The molecule has 1 saturated carbocycles. The van der Waals surface area contributed by atoms with Crippen LogP contribution in [0, 0.1) is 5.82 Å². The molecule has 2 aromatic rings. The molecule has 2 fully saturated rings. The highest BCUT2D eigenvalue weighted by molar-refractivity contribution is 7.91. The van der Waals surface area contributed by atoms with Crippen LogP contribution < -0.4 is 15.8 Å². The van der Waals surface area contributed by atoms with Crippen LogP contribution in [0.4, 0.5) is 23.4 Å². The number of sulfone groups is 1. The first-order valence-corrected chi connectivity index (χ1v) is 12.5. The molecular formula is C21H24F4N4O3S. The first-order chi connectivity index (χ1) is 15.5. The normalized spacial score (nSPS) is 22.4. The molecule has 1 aromatic heterocycles. The number of rotatable bonds is 7. The van der Waals surface area contributed by atoms with Crippen LogP contribution in [0.2, 0.25) is 0 Å². The highest BCUT2D eigenvalue weighted by Crippen LogP contribution is 2.40. The lowest BCUT2D eigenvalue weighted by Gasteiger charge is -2.28. The fraction of sp³-hybridized carbons (Fsp3) is 0.524. The van der Waals surface area contributed by atoms with E-state index in [-0.39, 0.29) is 64.9 Å². The van der Waals surface area contributed by atoms with Crippen LogP contribution >= 0.6 is 0 Å². The number of halogens is 4. The quantitative estimate of drug-likeness (QED) is 0.475. The van der Waals surface area contributed by atoms with Crippen molar-refractivity contribution in [2.45, 2.75) is 37.5 Å². The number of nitrogens with zero attached hydrogens (tertiary/aromatic N) is 3. The number of hydrogen-bond donors (Lipinski definition) is 1. The van der Waals surface area contributed by atoms with Crippen molar-refractivity contribution in [2.75, 3.05) is 36.0 Å². The van der Waals surface area contributed by atoms with Gasteiger partial charge in [-0.25, -0.2) is 22.4 Å². The molecule has 12 heteroatoms. The van der Waals surface area contributed by atoms with Gasteiger partial charge in [-0.2, -0.15) is 0 Å². The van der Waals surface area contributed by atoms with E-state index in [0.29, 0.717) is 19.2 Å². The second-order valence-corrected chi connectivity index (χ2v) is 10.7. The number of anilines is 1. The summed E-state index contributed by atoms with van der Waals surface area (Å²) < 4.78 is 76.3. The van der Waals surface area contributed by atoms with Gasteiger partial charge in [-0.15, -0.1) is 13.2 Å². The van der Waals surface area contributed by atoms with Crippen molar-refractivity contribution in [2.24, 2.45) is 0 Å². The van der Waals surface area contributed by atoms with Gasteiger partial charge in [0.05, 0.1) is 17.2 Å². The molecule has 0 spiro atoms. The highest BCUT2D eigenvalue weighted by Gasteiger charge is 2.38. The van der Waals surface area contributed by atoms with Crippen LogP contribution in [0.3, 0.4) is 0 Å². The zero-order valence-corrected chi connectivity index (χ0v) is 18.5. The summed E-state index contributed by atoms with van der Waals surface area (Å²) >= 11 is 0. The Labute approximate surface area is 188 Å². The third-order valence-corrected chi connectivity index (χ3v) is 7.57. The van der Waals surface area contributed by atoms with Gasteiger partial charge in [0, 0.05) is 31.2 Å². The average Bonchev–Trinajstić information content (AvgIpc) is 3.51. The molecule has 0 radical (unpaired) electrons. The van der Waals surface area contributed by atoms with E-state index in [1.54, 1.807) is 12.1 Å². The van der Waals surface area contributed by atoms with Crippen LogP contribution in [-0.2, 0) is 22.6 Å². The Morgan fingerprint density at radius 2 is 1.79 bits per heavy atom. The van der Waals surface area contributed by atoms with Gasteiger partial charge in [0.25, 0.3) is 5.56 Å². The zero-order chi connectivity index (χ0) is 23.8. The number of alkyl halides is 3. The van der Waals surface area contributed by atoms with Crippen molar-refractivity contribution < 1.29 is 26.0 Å². The molecule has 1 aliphatic heterocycles. The molecule has 0 amide bonds. The highest BCUT2D eigenvalue weighted by atomic mass is 32.2. The van der Waals surface area contributed by atoms with Gasteiger partial charge in [0.2, 0.25) is 0 Å². The zero-order valence-electron chi connectivity index (χ0n) is 17.7. The van der Waals surface area contributed by atoms with Crippen molar-refractivity contribution in [3.63, 3.8) is 0 Å². The van der Waals surface area contributed by atoms with Crippen LogP contribution in [0.15, 0.2) is 35.3 Å². The molecule has 4 rings (SSSR count). The maximum Gasteiger partial charge on any atom is 0.491 e. The van der Waals surface area contributed by atoms with Gasteiger partial charge in [-0.3, -0.25) is 4.79 Å². The fourth-order valence-electron chi connectivity index (χ4n) is 4.02. The lowest BCUT2D eigenvalue weighted by atomic mass is 10.1. The standard InChI is InChI=1S/C21H24F4N4O3S/c22-15-5-3-14(4-6-15)17-12-18(17)26-7-1-2-16-13-29(21(23,24)25)20(30)19(27-16)28-8-10-33(31,32)11-9-28/h3-6,13,17-18,26H,1-2,7-12H2/t17-,18+/m0/s1. The summed E-state index contributed by atoms with van der Waals surface area (Å²) in [5.74, 6) is -0.832. The lowest BCUT2D eigenvalue weighted by Crippen LogP contribution is -2.45. The minimum absolute atomic E-state index is 0.0696. The monoisotopic (exact) mass is 488 g/mol. The van der Waals surface area contributed by atoms with Gasteiger partial charge in [0.15, 0.2) is 15.7 Å². The molecule has 1 saturated heterocycles. The molecule has 1 aliphatic carbocycles. The van der Waals surface area contributed by atoms with Gasteiger partial charge in [-0.05, 0) is 43.5 Å². The summed E-state index contributed by atoms with van der Waals surface area (Å²) in [5, 5.41) is 3.34. The van der Waals surface area contributed by atoms with Crippen LogP contribution in [0.25, 0.3) is 0 Å². The third-order valence-electron chi connectivity index (χ3n) is 5.96. The minimum Gasteiger partial charge on any atom is -0.350 e. The Balaban J connectivity index is 1.39.